The maximum atomic E-state index is 11.9. The molecule has 0 unspecified atom stereocenters. The molecule has 4 N–H and O–H groups in total. The molecule has 1 heterocycles. The third-order valence-corrected chi connectivity index (χ3v) is 7.15. The number of halogens is 2. The summed E-state index contributed by atoms with van der Waals surface area (Å²) in [7, 11) is 0. The summed E-state index contributed by atoms with van der Waals surface area (Å²) in [4.78, 5) is 22.2. The Balaban J connectivity index is 1.98. The predicted octanol–water partition coefficient (Wildman–Crippen LogP) is 5.12. The maximum absolute atomic E-state index is 11.9. The minimum absolute atomic E-state index is 0.0913. The van der Waals surface area contributed by atoms with Crippen molar-refractivity contribution >= 4 is 51.8 Å². The number of allylic oxidation sites excluding steroid dienone is 1. The number of carbonyl (C=O) groups is 1. The Hall–Kier alpha value is -2.75. The third kappa shape index (κ3) is 6.68. The first-order valence-corrected chi connectivity index (χ1v) is 12.3. The number of aromatic nitrogens is 2. The number of aliphatic hydroxyl groups is 2. The zero-order valence-electron chi connectivity index (χ0n) is 19.2. The fraction of sp³-hybridized carbons (Fsp3) is 0.200. The summed E-state index contributed by atoms with van der Waals surface area (Å²) in [6.07, 6.45) is 2.45. The van der Waals surface area contributed by atoms with Crippen molar-refractivity contribution in [2.24, 2.45) is 0 Å². The van der Waals surface area contributed by atoms with Gasteiger partial charge in [-0.05, 0) is 37.1 Å². The molecule has 3 aromatic rings. The van der Waals surface area contributed by atoms with Crippen molar-refractivity contribution in [2.45, 2.75) is 26.8 Å². The summed E-state index contributed by atoms with van der Waals surface area (Å²) >= 11 is 13.4. The zero-order chi connectivity index (χ0) is 25.5. The van der Waals surface area contributed by atoms with Crippen LogP contribution < -0.4 is 5.73 Å². The molecule has 0 bridgehead atoms. The van der Waals surface area contributed by atoms with E-state index in [-0.39, 0.29) is 30.4 Å². The van der Waals surface area contributed by atoms with Gasteiger partial charge in [0.05, 0.1) is 16.6 Å². The number of aliphatic hydroxyl groups excluding tert-OH is 2. The molecule has 184 valence electrons. The lowest BCUT2D eigenvalue weighted by Gasteiger charge is -2.21. The lowest BCUT2D eigenvalue weighted by atomic mass is 10.0. The molecule has 0 saturated heterocycles. The predicted molar refractivity (Wildman–Crippen MR) is 145 cm³/mol. The fourth-order valence-corrected chi connectivity index (χ4v) is 5.32. The lowest BCUT2D eigenvalue weighted by Crippen LogP contribution is -2.22. The summed E-state index contributed by atoms with van der Waals surface area (Å²) in [5, 5.41) is 21.1. The highest BCUT2D eigenvalue weighted by Gasteiger charge is 2.16. The number of aryl methyl sites for hydroxylation is 1. The van der Waals surface area contributed by atoms with Crippen LogP contribution in [0.5, 0.6) is 0 Å². The van der Waals surface area contributed by atoms with E-state index in [2.05, 4.69) is 9.97 Å². The minimum atomic E-state index is -0.177. The zero-order valence-corrected chi connectivity index (χ0v) is 21.6. The molecule has 0 aliphatic carbocycles. The fourth-order valence-electron chi connectivity index (χ4n) is 3.41. The molecular weight excluding hydrogens is 507 g/mol. The molecule has 35 heavy (non-hydrogen) atoms. The van der Waals surface area contributed by atoms with Gasteiger partial charge in [-0.25, -0.2) is 9.97 Å². The minimum Gasteiger partial charge on any atom is -0.396 e. The Morgan fingerprint density at radius 1 is 1.17 bits per heavy atom. The first-order chi connectivity index (χ1) is 16.7. The number of carbonyl (C=O) groups excluding carboxylic acids is 1. The van der Waals surface area contributed by atoms with Gasteiger partial charge in [0.25, 0.3) is 0 Å². The number of nitrogens with two attached hydrogens (primary N) is 1. The SMILES string of the molecule is C/C(=C(CCO)/[SH]=C(\O)c1c(Cl)cc(-c2ccccc2)cc1Cl)N(C=O)Cc1cnc(C)nc1N. The largest absolute Gasteiger partial charge is 0.396 e. The van der Waals surface area contributed by atoms with Crippen LogP contribution in [-0.2, 0) is 11.3 Å². The van der Waals surface area contributed by atoms with Crippen molar-refractivity contribution in [3.8, 4) is 11.1 Å². The van der Waals surface area contributed by atoms with Crippen molar-refractivity contribution < 1.29 is 15.0 Å². The van der Waals surface area contributed by atoms with Crippen molar-refractivity contribution in [3.05, 3.63) is 86.3 Å². The highest BCUT2D eigenvalue weighted by Crippen LogP contribution is 2.34. The average Bonchev–Trinajstić information content (AvgIpc) is 2.83. The van der Waals surface area contributed by atoms with Gasteiger partial charge in [0.1, 0.15) is 16.7 Å². The Labute approximate surface area is 217 Å². The number of hydrogen-bond donors (Lipinski definition) is 4. The van der Waals surface area contributed by atoms with E-state index in [9.17, 15) is 15.0 Å². The molecular formula is C25H26Cl2N4O3S. The van der Waals surface area contributed by atoms with Crippen LogP contribution in [0.4, 0.5) is 5.82 Å². The summed E-state index contributed by atoms with van der Waals surface area (Å²) in [5.41, 5.74) is 9.17. The van der Waals surface area contributed by atoms with E-state index in [0.29, 0.717) is 55.4 Å². The molecule has 0 saturated carbocycles. The first kappa shape index (κ1) is 26.8. The summed E-state index contributed by atoms with van der Waals surface area (Å²) < 4.78 is 0. The van der Waals surface area contributed by atoms with E-state index in [0.717, 1.165) is 11.1 Å². The number of hydrogen-bond acceptors (Lipinski definition) is 5. The van der Waals surface area contributed by atoms with Crippen LogP contribution in [0.2, 0.25) is 10.0 Å². The van der Waals surface area contributed by atoms with Crippen LogP contribution in [0.3, 0.4) is 0 Å². The van der Waals surface area contributed by atoms with Crippen LogP contribution >= 0.6 is 34.6 Å². The Morgan fingerprint density at radius 2 is 1.83 bits per heavy atom. The second-order valence-electron chi connectivity index (χ2n) is 7.68. The molecule has 0 atom stereocenters. The number of benzene rings is 2. The van der Waals surface area contributed by atoms with Crippen LogP contribution in [0.25, 0.3) is 11.1 Å². The average molecular weight is 533 g/mol. The monoisotopic (exact) mass is 532 g/mol. The van der Waals surface area contributed by atoms with Crippen molar-refractivity contribution in [2.75, 3.05) is 12.3 Å². The normalized spacial score (nSPS) is 12.6. The van der Waals surface area contributed by atoms with Crippen LogP contribution in [0.15, 0.2) is 59.3 Å². The third-order valence-electron chi connectivity index (χ3n) is 5.30. The molecule has 1 amide bonds. The molecule has 2 aromatic carbocycles. The maximum Gasteiger partial charge on any atom is 0.214 e. The van der Waals surface area contributed by atoms with Crippen LogP contribution in [-0.4, -0.2) is 43.1 Å². The van der Waals surface area contributed by atoms with Crippen molar-refractivity contribution in [1.82, 2.24) is 14.9 Å². The topological polar surface area (TPSA) is 113 Å². The van der Waals surface area contributed by atoms with E-state index in [4.69, 9.17) is 28.9 Å². The van der Waals surface area contributed by atoms with E-state index < -0.39 is 0 Å². The van der Waals surface area contributed by atoms with Crippen molar-refractivity contribution in [1.29, 1.82) is 0 Å². The molecule has 1 aromatic heterocycles. The summed E-state index contributed by atoms with van der Waals surface area (Å²) in [5.74, 6) is 0.812. The van der Waals surface area contributed by atoms with Crippen LogP contribution in [0.1, 0.15) is 30.3 Å². The molecule has 7 nitrogen and oxygen atoms in total. The van der Waals surface area contributed by atoms with Gasteiger partial charge in [-0.1, -0.05) is 53.5 Å². The number of rotatable bonds is 9. The molecule has 0 spiro atoms. The number of nitrogens with zero attached hydrogens (tertiary/aromatic N) is 3. The van der Waals surface area contributed by atoms with Gasteiger partial charge in [0, 0.05) is 41.0 Å². The number of thiol groups is 1. The Bertz CT molecular complexity index is 1260. The highest BCUT2D eigenvalue weighted by molar-refractivity contribution is 8.02. The van der Waals surface area contributed by atoms with Gasteiger partial charge in [0.2, 0.25) is 6.41 Å². The number of amides is 1. The molecule has 0 fully saturated rings. The van der Waals surface area contributed by atoms with E-state index in [1.54, 1.807) is 32.2 Å². The summed E-state index contributed by atoms with van der Waals surface area (Å²) in [6.45, 7) is 3.42. The molecule has 10 heteroatoms. The Kier molecular flexibility index (Phi) is 9.42. The van der Waals surface area contributed by atoms with Gasteiger partial charge < -0.3 is 20.8 Å². The standard InChI is InChI=1S/C25H26Cl2N4O3S/c1-15(31(14-33)13-19-12-29-16(2)30-24(19)28)22(8-9-32)35-25(34)23-20(26)10-18(11-21(23)27)17-6-4-3-5-7-17/h3-7,10-12,14,32,34-35H,8-9,13H2,1-2H3,(H2,28,29,30)/b22-15-. The number of nitrogen functional groups attached to an aromatic ring is 1. The molecule has 0 aliphatic heterocycles. The van der Waals surface area contributed by atoms with Gasteiger partial charge in [-0.3, -0.25) is 4.79 Å². The molecule has 0 aliphatic rings. The van der Waals surface area contributed by atoms with E-state index >= 15 is 0 Å². The van der Waals surface area contributed by atoms with E-state index in [1.807, 2.05) is 30.3 Å². The van der Waals surface area contributed by atoms with Gasteiger partial charge in [-0.2, -0.15) is 0 Å². The van der Waals surface area contributed by atoms with Crippen LogP contribution in [0, 0.1) is 6.92 Å². The van der Waals surface area contributed by atoms with Gasteiger partial charge >= 0.3 is 0 Å². The van der Waals surface area contributed by atoms with Crippen molar-refractivity contribution in [3.63, 3.8) is 0 Å². The quantitative estimate of drug-likeness (QED) is 0.173. The van der Waals surface area contributed by atoms with E-state index in [1.165, 1.54) is 4.90 Å². The number of anilines is 1. The first-order valence-electron chi connectivity index (χ1n) is 10.7. The molecule has 0 radical (unpaired) electrons. The second kappa shape index (κ2) is 12.3. The van der Waals surface area contributed by atoms with Gasteiger partial charge in [-0.15, -0.1) is 11.4 Å². The second-order valence-corrected chi connectivity index (χ2v) is 9.68. The smallest absolute Gasteiger partial charge is 0.214 e. The lowest BCUT2D eigenvalue weighted by molar-refractivity contribution is -0.116. The highest BCUT2D eigenvalue weighted by atomic mass is 35.5. The van der Waals surface area contributed by atoms with Gasteiger partial charge in [0.15, 0.2) is 0 Å². The molecule has 3 rings (SSSR count). The Morgan fingerprint density at radius 3 is 2.40 bits per heavy atom. The summed E-state index contributed by atoms with van der Waals surface area (Å²) in [6, 6.07) is 13.1.